The first-order valence-electron chi connectivity index (χ1n) is 9.10. The first kappa shape index (κ1) is 29.0. The molecule has 31 heavy (non-hydrogen) atoms. The van der Waals surface area contributed by atoms with E-state index in [9.17, 15) is 13.6 Å². The number of aryl methyl sites for hydroxylation is 1. The van der Waals surface area contributed by atoms with Gasteiger partial charge in [-0.25, -0.2) is 13.8 Å². The number of nitrogens with two attached hydrogens (primary N) is 4. The number of primary amides is 1. The fourth-order valence-electron chi connectivity index (χ4n) is 2.51. The van der Waals surface area contributed by atoms with Gasteiger partial charge in [-0.05, 0) is 56.1 Å². The molecule has 0 fully saturated rings. The molecule has 11 heteroatoms. The summed E-state index contributed by atoms with van der Waals surface area (Å²) in [6, 6.07) is 7.38. The standard InChI is InChI=1S/C14H10F2N2S.C6H15N3O.2ClH/c1-7-4-8(2-3-11(7)17)14-18-12-5-9(15)10(16)6-13(12)19-14;7-4-2-1-3-5(8)6(9)10;;/h2-6H,17H2,1H3;5H,1-4,7-8H2,(H2,9,10);2*1H/t;5-;;/m.0../s1. The lowest BCUT2D eigenvalue weighted by molar-refractivity contribution is -0.119. The number of amides is 1. The zero-order valence-electron chi connectivity index (χ0n) is 16.9. The van der Waals surface area contributed by atoms with Crippen molar-refractivity contribution in [3.63, 3.8) is 0 Å². The van der Waals surface area contributed by atoms with E-state index < -0.39 is 23.6 Å². The maximum absolute atomic E-state index is 13.2. The smallest absolute Gasteiger partial charge is 0.234 e. The van der Waals surface area contributed by atoms with Gasteiger partial charge in [0.25, 0.3) is 0 Å². The first-order valence-corrected chi connectivity index (χ1v) is 9.91. The number of anilines is 1. The van der Waals surface area contributed by atoms with Crippen molar-refractivity contribution >= 4 is 58.0 Å². The third-order valence-corrected chi connectivity index (χ3v) is 5.35. The van der Waals surface area contributed by atoms with Crippen LogP contribution in [0.15, 0.2) is 30.3 Å². The Labute approximate surface area is 196 Å². The van der Waals surface area contributed by atoms with E-state index in [-0.39, 0.29) is 24.8 Å². The van der Waals surface area contributed by atoms with Crippen LogP contribution in [0.1, 0.15) is 24.8 Å². The van der Waals surface area contributed by atoms with Gasteiger partial charge in [0.1, 0.15) is 5.01 Å². The summed E-state index contributed by atoms with van der Waals surface area (Å²) in [5.74, 6) is -2.16. The van der Waals surface area contributed by atoms with Crippen LogP contribution in [0.4, 0.5) is 14.5 Å². The Morgan fingerprint density at radius 1 is 1.13 bits per heavy atom. The van der Waals surface area contributed by atoms with Crippen LogP contribution in [0.3, 0.4) is 0 Å². The molecule has 1 atom stereocenters. The molecule has 0 spiro atoms. The van der Waals surface area contributed by atoms with Gasteiger partial charge in [-0.15, -0.1) is 36.2 Å². The second kappa shape index (κ2) is 13.4. The number of carbonyl (C=O) groups is 1. The fraction of sp³-hybridized carbons (Fsp3) is 0.300. The number of rotatable bonds is 6. The highest BCUT2D eigenvalue weighted by Crippen LogP contribution is 2.32. The third-order valence-electron chi connectivity index (χ3n) is 4.28. The highest BCUT2D eigenvalue weighted by atomic mass is 35.5. The van der Waals surface area contributed by atoms with Gasteiger partial charge in [0, 0.05) is 17.3 Å². The van der Waals surface area contributed by atoms with Crippen LogP contribution in [0.25, 0.3) is 20.8 Å². The molecule has 3 rings (SSSR count). The van der Waals surface area contributed by atoms with Crippen LogP contribution in [-0.4, -0.2) is 23.5 Å². The van der Waals surface area contributed by atoms with E-state index in [0.29, 0.717) is 28.9 Å². The van der Waals surface area contributed by atoms with Gasteiger partial charge in [-0.1, -0.05) is 6.42 Å². The summed E-state index contributed by atoms with van der Waals surface area (Å²) in [5.41, 5.74) is 24.3. The predicted octanol–water partition coefficient (Wildman–Crippen LogP) is 3.90. The van der Waals surface area contributed by atoms with Crippen molar-refractivity contribution in [1.82, 2.24) is 4.98 Å². The molecular formula is C20H27Cl2F2N5OS. The maximum atomic E-state index is 13.2. The maximum Gasteiger partial charge on any atom is 0.234 e. The Morgan fingerprint density at radius 3 is 2.35 bits per heavy atom. The van der Waals surface area contributed by atoms with Crippen molar-refractivity contribution in [1.29, 1.82) is 0 Å². The Hall–Kier alpha value is -2.04. The normalized spacial score (nSPS) is 11.0. The molecule has 0 unspecified atom stereocenters. The highest BCUT2D eigenvalue weighted by Gasteiger charge is 2.11. The van der Waals surface area contributed by atoms with Crippen molar-refractivity contribution in [2.24, 2.45) is 17.2 Å². The summed E-state index contributed by atoms with van der Waals surface area (Å²) in [6.45, 7) is 2.55. The zero-order valence-corrected chi connectivity index (χ0v) is 19.4. The van der Waals surface area contributed by atoms with Crippen LogP contribution < -0.4 is 22.9 Å². The fourth-order valence-corrected chi connectivity index (χ4v) is 3.48. The lowest BCUT2D eigenvalue weighted by Crippen LogP contribution is -2.36. The Morgan fingerprint density at radius 2 is 1.77 bits per heavy atom. The Bertz CT molecular complexity index is 964. The Balaban J connectivity index is 0.000000654. The second-order valence-corrected chi connectivity index (χ2v) is 7.65. The minimum atomic E-state index is -0.877. The Kier molecular flexibility index (Phi) is 12.5. The minimum Gasteiger partial charge on any atom is -0.399 e. The van der Waals surface area contributed by atoms with E-state index in [2.05, 4.69) is 4.98 Å². The molecule has 1 aromatic heterocycles. The predicted molar refractivity (Wildman–Crippen MR) is 129 cm³/mol. The van der Waals surface area contributed by atoms with Gasteiger partial charge < -0.3 is 22.9 Å². The first-order chi connectivity index (χ1) is 13.7. The lowest BCUT2D eigenvalue weighted by atomic mass is 10.1. The summed E-state index contributed by atoms with van der Waals surface area (Å²) >= 11 is 1.33. The molecule has 0 bridgehead atoms. The molecule has 0 radical (unpaired) electrons. The molecular weight excluding hydrogens is 467 g/mol. The quantitative estimate of drug-likeness (QED) is 0.305. The van der Waals surface area contributed by atoms with Crippen LogP contribution in [0.2, 0.25) is 0 Å². The number of thiazole rings is 1. The van der Waals surface area contributed by atoms with E-state index in [1.165, 1.54) is 17.4 Å². The van der Waals surface area contributed by atoms with E-state index in [1.807, 2.05) is 19.1 Å². The van der Waals surface area contributed by atoms with E-state index in [1.54, 1.807) is 6.07 Å². The van der Waals surface area contributed by atoms with Crippen LogP contribution in [0, 0.1) is 18.6 Å². The highest BCUT2D eigenvalue weighted by molar-refractivity contribution is 7.21. The van der Waals surface area contributed by atoms with Crippen LogP contribution in [-0.2, 0) is 4.79 Å². The number of nitrogens with zero attached hydrogens (tertiary/aromatic N) is 1. The summed E-state index contributed by atoms with van der Waals surface area (Å²) in [6.07, 6.45) is 2.42. The van der Waals surface area contributed by atoms with Gasteiger partial charge in [0.2, 0.25) is 5.91 Å². The number of unbranched alkanes of at least 4 members (excludes halogenated alkanes) is 1. The van der Waals surface area contributed by atoms with E-state index >= 15 is 0 Å². The minimum absolute atomic E-state index is 0. The molecule has 0 aliphatic heterocycles. The number of aromatic nitrogens is 1. The molecule has 0 aliphatic carbocycles. The summed E-state index contributed by atoms with van der Waals surface area (Å²) in [7, 11) is 0. The second-order valence-electron chi connectivity index (χ2n) is 6.62. The lowest BCUT2D eigenvalue weighted by Gasteiger charge is -2.04. The average molecular weight is 494 g/mol. The zero-order chi connectivity index (χ0) is 21.6. The summed E-state index contributed by atoms with van der Waals surface area (Å²) in [4.78, 5) is 14.7. The number of hydrogen-bond acceptors (Lipinski definition) is 6. The molecule has 1 heterocycles. The van der Waals surface area contributed by atoms with Gasteiger partial charge in [0.15, 0.2) is 11.6 Å². The molecule has 172 valence electrons. The number of fused-ring (bicyclic) bond motifs is 1. The third kappa shape index (κ3) is 8.19. The van der Waals surface area contributed by atoms with E-state index in [0.717, 1.165) is 35.0 Å². The number of benzene rings is 2. The summed E-state index contributed by atoms with van der Waals surface area (Å²) in [5, 5.41) is 0.725. The van der Waals surface area contributed by atoms with Crippen LogP contribution >= 0.6 is 36.2 Å². The molecule has 0 aliphatic rings. The van der Waals surface area contributed by atoms with Gasteiger partial charge in [-0.2, -0.15) is 0 Å². The largest absolute Gasteiger partial charge is 0.399 e. The van der Waals surface area contributed by atoms with Crippen molar-refractivity contribution in [2.75, 3.05) is 12.3 Å². The van der Waals surface area contributed by atoms with Crippen molar-refractivity contribution < 1.29 is 13.6 Å². The number of nitrogen functional groups attached to an aromatic ring is 1. The van der Waals surface area contributed by atoms with E-state index in [4.69, 9.17) is 22.9 Å². The number of carbonyl (C=O) groups excluding carboxylic acids is 1. The average Bonchev–Trinajstić information content (AvgIpc) is 3.07. The van der Waals surface area contributed by atoms with Gasteiger partial charge >= 0.3 is 0 Å². The molecule has 2 aromatic carbocycles. The topological polar surface area (TPSA) is 134 Å². The molecule has 6 nitrogen and oxygen atoms in total. The molecule has 8 N–H and O–H groups in total. The molecule has 0 saturated carbocycles. The summed E-state index contributed by atoms with van der Waals surface area (Å²) < 4.78 is 26.9. The van der Waals surface area contributed by atoms with Crippen molar-refractivity contribution in [3.05, 3.63) is 47.5 Å². The number of hydrogen-bond donors (Lipinski definition) is 4. The van der Waals surface area contributed by atoms with Crippen molar-refractivity contribution in [3.8, 4) is 10.6 Å². The molecule has 1 amide bonds. The molecule has 3 aromatic rings. The molecule has 0 saturated heterocycles. The van der Waals surface area contributed by atoms with Crippen LogP contribution in [0.5, 0.6) is 0 Å². The van der Waals surface area contributed by atoms with Gasteiger partial charge in [-0.3, -0.25) is 4.79 Å². The van der Waals surface area contributed by atoms with Crippen molar-refractivity contribution in [2.45, 2.75) is 32.2 Å². The number of halogens is 4. The van der Waals surface area contributed by atoms with Gasteiger partial charge in [0.05, 0.1) is 16.3 Å². The monoisotopic (exact) mass is 493 g/mol. The SMILES string of the molecule is Cc1cc(-c2nc3cc(F)c(F)cc3s2)ccc1N.Cl.Cl.NCCCC[C@H](N)C(N)=O.